The summed E-state index contributed by atoms with van der Waals surface area (Å²) in [5.41, 5.74) is 1.56. The van der Waals surface area contributed by atoms with Crippen molar-refractivity contribution in [2.45, 2.75) is 12.1 Å². The first-order valence-electron chi connectivity index (χ1n) is 9.74. The van der Waals surface area contributed by atoms with Crippen LogP contribution in [0.5, 0.6) is 0 Å². The molecule has 0 aromatic heterocycles. The van der Waals surface area contributed by atoms with Crippen molar-refractivity contribution in [2.24, 2.45) is 5.92 Å². The number of hydroxylamine groups is 1. The van der Waals surface area contributed by atoms with Gasteiger partial charge in [0.1, 0.15) is 5.92 Å². The van der Waals surface area contributed by atoms with E-state index in [-0.39, 0.29) is 5.69 Å². The van der Waals surface area contributed by atoms with Crippen molar-refractivity contribution in [3.05, 3.63) is 101 Å². The fraction of sp³-hybridized carbons (Fsp3) is 0.130. The third-order valence-electron chi connectivity index (χ3n) is 5.56. The van der Waals surface area contributed by atoms with E-state index in [2.05, 4.69) is 0 Å². The molecular formula is C23H17N3O5. The van der Waals surface area contributed by atoms with Crippen molar-refractivity contribution in [1.82, 2.24) is 0 Å². The fourth-order valence-electron chi connectivity index (χ4n) is 4.21. The van der Waals surface area contributed by atoms with Gasteiger partial charge >= 0.3 is 0 Å². The standard InChI is InChI=1S/C23H17N3O5/c27-22-19-20(15-8-7-13-18(14-15)26(29)30)25(17-11-5-2-6-12-17)31-21(19)23(28)24(22)16-9-3-1-4-10-16/h1-14,19-21H/t19-,20-,21+/m0/s1. The summed E-state index contributed by atoms with van der Waals surface area (Å²) in [5.74, 6) is -1.68. The lowest BCUT2D eigenvalue weighted by atomic mass is 9.90. The molecule has 2 heterocycles. The topological polar surface area (TPSA) is 93.0 Å². The zero-order chi connectivity index (χ0) is 21.5. The third-order valence-corrected chi connectivity index (χ3v) is 5.56. The number of hydrogen-bond donors (Lipinski definition) is 0. The third kappa shape index (κ3) is 3.04. The molecule has 8 nitrogen and oxygen atoms in total. The maximum Gasteiger partial charge on any atom is 0.269 e. The summed E-state index contributed by atoms with van der Waals surface area (Å²) in [6.07, 6.45) is -1.02. The van der Waals surface area contributed by atoms with E-state index in [1.807, 2.05) is 18.2 Å². The second kappa shape index (κ2) is 7.33. The first-order chi connectivity index (χ1) is 15.1. The van der Waals surface area contributed by atoms with Gasteiger partial charge in [-0.25, -0.2) is 9.96 Å². The highest BCUT2D eigenvalue weighted by Gasteiger charge is 2.60. The van der Waals surface area contributed by atoms with Gasteiger partial charge in [-0.05, 0) is 29.8 Å². The maximum absolute atomic E-state index is 13.4. The van der Waals surface area contributed by atoms with Gasteiger partial charge in [0.05, 0.1) is 22.3 Å². The minimum Gasteiger partial charge on any atom is -0.273 e. The summed E-state index contributed by atoms with van der Waals surface area (Å²) < 4.78 is 0. The number of hydrogen-bond acceptors (Lipinski definition) is 6. The van der Waals surface area contributed by atoms with Crippen molar-refractivity contribution in [1.29, 1.82) is 0 Å². The van der Waals surface area contributed by atoms with Crippen LogP contribution in [0.1, 0.15) is 11.6 Å². The van der Waals surface area contributed by atoms with Gasteiger partial charge in [0.25, 0.3) is 11.6 Å². The summed E-state index contributed by atoms with van der Waals surface area (Å²) >= 11 is 0. The summed E-state index contributed by atoms with van der Waals surface area (Å²) in [6, 6.07) is 23.2. The van der Waals surface area contributed by atoms with Gasteiger partial charge in [-0.1, -0.05) is 48.5 Å². The molecule has 0 aliphatic carbocycles. The monoisotopic (exact) mass is 415 g/mol. The molecule has 3 aromatic rings. The number of carbonyl (C=O) groups is 2. The average molecular weight is 415 g/mol. The molecule has 2 aliphatic heterocycles. The lowest BCUT2D eigenvalue weighted by molar-refractivity contribution is -0.384. The minimum atomic E-state index is -1.02. The van der Waals surface area contributed by atoms with Crippen LogP contribution in [0.25, 0.3) is 0 Å². The molecule has 2 fully saturated rings. The van der Waals surface area contributed by atoms with E-state index in [4.69, 9.17) is 4.84 Å². The molecule has 2 aliphatic rings. The number of rotatable bonds is 4. The SMILES string of the molecule is O=C1[C@@H]2[C@@H](ON(c3ccccc3)[C@H]2c2cccc([N+](=O)[O-])c2)C(=O)N1c1ccccc1. The van der Waals surface area contributed by atoms with Crippen LogP contribution in [0.3, 0.4) is 0 Å². The highest BCUT2D eigenvalue weighted by Crippen LogP contribution is 2.47. The summed E-state index contributed by atoms with van der Waals surface area (Å²) in [6.45, 7) is 0. The van der Waals surface area contributed by atoms with Gasteiger partial charge in [-0.3, -0.25) is 24.5 Å². The van der Waals surface area contributed by atoms with Crippen LogP contribution in [0.4, 0.5) is 17.1 Å². The van der Waals surface area contributed by atoms with Crippen molar-refractivity contribution < 1.29 is 19.3 Å². The highest BCUT2D eigenvalue weighted by atomic mass is 16.7. The number of carbonyl (C=O) groups excluding carboxylic acids is 2. The van der Waals surface area contributed by atoms with Gasteiger partial charge < -0.3 is 0 Å². The molecule has 0 saturated carbocycles. The number of para-hydroxylation sites is 2. The van der Waals surface area contributed by atoms with Crippen LogP contribution >= 0.6 is 0 Å². The van der Waals surface area contributed by atoms with Crippen molar-refractivity contribution in [3.8, 4) is 0 Å². The average Bonchev–Trinajstić information content (AvgIpc) is 3.31. The second-order valence-electron chi connectivity index (χ2n) is 7.36. The number of imide groups is 1. The number of fused-ring (bicyclic) bond motifs is 1. The Hall–Kier alpha value is -4.04. The predicted molar refractivity (Wildman–Crippen MR) is 112 cm³/mol. The molecule has 5 rings (SSSR count). The maximum atomic E-state index is 13.4. The zero-order valence-corrected chi connectivity index (χ0v) is 16.2. The minimum absolute atomic E-state index is 0.0920. The number of nitro benzene ring substituents is 1. The molecule has 3 aromatic carbocycles. The van der Waals surface area contributed by atoms with Gasteiger partial charge in [-0.2, -0.15) is 0 Å². The van der Waals surface area contributed by atoms with E-state index in [1.165, 1.54) is 17.2 Å². The molecular weight excluding hydrogens is 398 g/mol. The summed E-state index contributed by atoms with van der Waals surface area (Å²) in [4.78, 5) is 44.6. The second-order valence-corrected chi connectivity index (χ2v) is 7.36. The Morgan fingerprint density at radius 1 is 0.806 bits per heavy atom. The lowest BCUT2D eigenvalue weighted by Crippen LogP contribution is -2.37. The molecule has 8 heteroatoms. The van der Waals surface area contributed by atoms with E-state index < -0.39 is 34.8 Å². The van der Waals surface area contributed by atoms with E-state index in [0.717, 1.165) is 4.90 Å². The normalized spacial score (nSPS) is 22.6. The van der Waals surface area contributed by atoms with Crippen LogP contribution < -0.4 is 9.96 Å². The largest absolute Gasteiger partial charge is 0.273 e. The smallest absolute Gasteiger partial charge is 0.269 e. The van der Waals surface area contributed by atoms with Crippen molar-refractivity contribution in [2.75, 3.05) is 9.96 Å². The van der Waals surface area contributed by atoms with E-state index in [9.17, 15) is 19.7 Å². The summed E-state index contributed by atoms with van der Waals surface area (Å²) in [7, 11) is 0. The molecule has 0 radical (unpaired) electrons. The van der Waals surface area contributed by atoms with E-state index in [0.29, 0.717) is 16.9 Å². The highest BCUT2D eigenvalue weighted by molar-refractivity contribution is 6.23. The lowest BCUT2D eigenvalue weighted by Gasteiger charge is -2.28. The number of nitro groups is 1. The van der Waals surface area contributed by atoms with Gasteiger partial charge in [-0.15, -0.1) is 0 Å². The van der Waals surface area contributed by atoms with Crippen LogP contribution in [0, 0.1) is 16.0 Å². The van der Waals surface area contributed by atoms with Crippen LogP contribution in [-0.4, -0.2) is 22.8 Å². The molecule has 154 valence electrons. The molecule has 2 saturated heterocycles. The first-order valence-corrected chi connectivity index (χ1v) is 9.74. The molecule has 0 bridgehead atoms. The van der Waals surface area contributed by atoms with Crippen molar-refractivity contribution >= 4 is 28.9 Å². The molecule has 0 spiro atoms. The molecule has 2 amide bonds. The van der Waals surface area contributed by atoms with Crippen molar-refractivity contribution in [3.63, 3.8) is 0 Å². The Kier molecular flexibility index (Phi) is 4.48. The Bertz CT molecular complexity index is 1170. The molecule has 0 N–H and O–H groups in total. The van der Waals surface area contributed by atoms with Gasteiger partial charge in [0, 0.05) is 12.1 Å². The van der Waals surface area contributed by atoms with E-state index >= 15 is 0 Å². The van der Waals surface area contributed by atoms with Crippen LogP contribution in [0.2, 0.25) is 0 Å². The van der Waals surface area contributed by atoms with Gasteiger partial charge in [0.15, 0.2) is 6.10 Å². The van der Waals surface area contributed by atoms with Gasteiger partial charge in [0.2, 0.25) is 5.91 Å². The number of benzene rings is 3. The molecule has 3 atom stereocenters. The molecule has 0 unspecified atom stereocenters. The Morgan fingerprint density at radius 2 is 1.45 bits per heavy atom. The van der Waals surface area contributed by atoms with E-state index in [1.54, 1.807) is 54.6 Å². The summed E-state index contributed by atoms with van der Waals surface area (Å²) in [5, 5.41) is 12.9. The Morgan fingerprint density at radius 3 is 2.10 bits per heavy atom. The number of nitrogens with zero attached hydrogens (tertiary/aromatic N) is 3. The Labute approximate surface area is 177 Å². The first kappa shape index (κ1) is 19.0. The predicted octanol–water partition coefficient (Wildman–Crippen LogP) is 3.65. The fourth-order valence-corrected chi connectivity index (χ4v) is 4.21. The number of non-ortho nitro benzene ring substituents is 1. The molecule has 31 heavy (non-hydrogen) atoms. The van der Waals surface area contributed by atoms with Crippen LogP contribution in [0.15, 0.2) is 84.9 Å². The zero-order valence-electron chi connectivity index (χ0n) is 16.2. The number of anilines is 2. The van der Waals surface area contributed by atoms with Crippen LogP contribution in [-0.2, 0) is 14.4 Å². The quantitative estimate of drug-likeness (QED) is 0.367. The Balaban J connectivity index is 1.61. The number of amides is 2.